The minimum atomic E-state index is -1.01. The van der Waals surface area contributed by atoms with Crippen LogP contribution in [0.2, 0.25) is 0 Å². The third-order valence-corrected chi connectivity index (χ3v) is 3.05. The molecule has 0 bridgehead atoms. The zero-order valence-corrected chi connectivity index (χ0v) is 9.91. The van der Waals surface area contributed by atoms with E-state index in [1.54, 1.807) is 0 Å². The van der Waals surface area contributed by atoms with Crippen LogP contribution in [0.25, 0.3) is 0 Å². The Morgan fingerprint density at radius 3 is 2.42 bits per heavy atom. The summed E-state index contributed by atoms with van der Waals surface area (Å²) in [5, 5.41) is 2.05. The molecule has 1 fully saturated rings. The lowest BCUT2D eigenvalue weighted by Crippen LogP contribution is -2.40. The maximum Gasteiger partial charge on any atom is 0.234 e. The van der Waals surface area contributed by atoms with Crippen LogP contribution in [0.4, 0.5) is 8.78 Å². The highest BCUT2D eigenvalue weighted by molar-refractivity contribution is 6.00. The molecule has 0 aliphatic carbocycles. The van der Waals surface area contributed by atoms with Gasteiger partial charge in [-0.2, -0.15) is 0 Å². The van der Waals surface area contributed by atoms with Crippen LogP contribution in [-0.4, -0.2) is 18.1 Å². The van der Waals surface area contributed by atoms with Gasteiger partial charge in [-0.25, -0.2) is 8.78 Å². The summed E-state index contributed by atoms with van der Waals surface area (Å²) in [7, 11) is 0. The van der Waals surface area contributed by atoms with E-state index in [1.165, 1.54) is 0 Å². The lowest BCUT2D eigenvalue weighted by Gasteiger charge is -2.22. The summed E-state index contributed by atoms with van der Waals surface area (Å²) in [4.78, 5) is 32.9. The number of amides is 2. The highest BCUT2D eigenvalue weighted by atomic mass is 19.1. The third-order valence-electron chi connectivity index (χ3n) is 3.05. The fourth-order valence-corrected chi connectivity index (χ4v) is 2.15. The highest BCUT2D eigenvalue weighted by Crippen LogP contribution is 2.30. The topological polar surface area (TPSA) is 63.2 Å². The Labute approximate surface area is 107 Å². The molecule has 1 aliphatic rings. The standard InChI is InChI=1S/C13H11F2NO3/c14-9-5-7(3-4-17)6-10(15)12(9)8-1-2-11(18)16-13(8)19/h4-6,8H,1-3H2,(H,16,18,19). The first-order chi connectivity index (χ1) is 9.02. The molecule has 0 saturated carbocycles. The van der Waals surface area contributed by atoms with Crippen molar-refractivity contribution >= 4 is 18.1 Å². The fraction of sp³-hybridized carbons (Fsp3) is 0.308. The van der Waals surface area contributed by atoms with Crippen LogP contribution in [0, 0.1) is 11.6 Å². The molecule has 1 atom stereocenters. The Balaban J connectivity index is 2.37. The smallest absolute Gasteiger partial charge is 0.234 e. The number of hydrogen-bond acceptors (Lipinski definition) is 3. The summed E-state index contributed by atoms with van der Waals surface area (Å²) in [6, 6.07) is 2.08. The average Bonchev–Trinajstić information content (AvgIpc) is 2.31. The summed E-state index contributed by atoms with van der Waals surface area (Å²) in [6.45, 7) is 0. The van der Waals surface area contributed by atoms with E-state index in [9.17, 15) is 23.2 Å². The van der Waals surface area contributed by atoms with Crippen LogP contribution in [0.3, 0.4) is 0 Å². The number of carbonyl (C=O) groups is 3. The first kappa shape index (κ1) is 13.3. The third kappa shape index (κ3) is 2.67. The van der Waals surface area contributed by atoms with Gasteiger partial charge in [-0.1, -0.05) is 0 Å². The van der Waals surface area contributed by atoms with E-state index in [0.717, 1.165) is 12.1 Å². The Hall–Kier alpha value is -2.11. The molecule has 0 spiro atoms. The van der Waals surface area contributed by atoms with Crippen LogP contribution >= 0.6 is 0 Å². The van der Waals surface area contributed by atoms with Crippen LogP contribution in [-0.2, 0) is 20.8 Å². The van der Waals surface area contributed by atoms with E-state index in [-0.39, 0.29) is 30.4 Å². The molecule has 1 aromatic rings. The minimum absolute atomic E-state index is 0.0470. The second-order valence-corrected chi connectivity index (χ2v) is 4.35. The Morgan fingerprint density at radius 2 is 1.89 bits per heavy atom. The summed E-state index contributed by atoms with van der Waals surface area (Å²) in [6.07, 6.45) is 0.570. The second kappa shape index (κ2) is 5.26. The van der Waals surface area contributed by atoms with Crippen molar-refractivity contribution in [2.75, 3.05) is 0 Å². The molecule has 19 heavy (non-hydrogen) atoms. The summed E-state index contributed by atoms with van der Waals surface area (Å²) < 4.78 is 27.7. The zero-order chi connectivity index (χ0) is 14.0. The molecule has 0 radical (unpaired) electrons. The van der Waals surface area contributed by atoms with Crippen LogP contribution < -0.4 is 5.32 Å². The molecule has 4 nitrogen and oxygen atoms in total. The van der Waals surface area contributed by atoms with Gasteiger partial charge >= 0.3 is 0 Å². The Kier molecular flexibility index (Phi) is 3.69. The first-order valence-corrected chi connectivity index (χ1v) is 5.78. The number of piperidine rings is 1. The molecule has 1 N–H and O–H groups in total. The molecular formula is C13H11F2NO3. The molecule has 1 aliphatic heterocycles. The predicted octanol–water partition coefficient (Wildman–Crippen LogP) is 1.23. The number of aldehydes is 1. The number of hydrogen-bond donors (Lipinski definition) is 1. The van der Waals surface area contributed by atoms with Crippen molar-refractivity contribution in [3.63, 3.8) is 0 Å². The lowest BCUT2D eigenvalue weighted by molar-refractivity contribution is -0.134. The van der Waals surface area contributed by atoms with Gasteiger partial charge in [-0.3, -0.25) is 14.9 Å². The molecule has 6 heteroatoms. The first-order valence-electron chi connectivity index (χ1n) is 5.78. The van der Waals surface area contributed by atoms with Gasteiger partial charge in [-0.15, -0.1) is 0 Å². The van der Waals surface area contributed by atoms with Gasteiger partial charge in [0.15, 0.2) is 0 Å². The van der Waals surface area contributed by atoms with Crippen molar-refractivity contribution < 1.29 is 23.2 Å². The van der Waals surface area contributed by atoms with Crippen molar-refractivity contribution in [2.45, 2.75) is 25.2 Å². The number of halogens is 2. The maximum atomic E-state index is 13.9. The molecule has 1 unspecified atom stereocenters. The van der Waals surface area contributed by atoms with Gasteiger partial charge in [0.2, 0.25) is 11.8 Å². The number of nitrogens with one attached hydrogen (secondary N) is 1. The minimum Gasteiger partial charge on any atom is -0.303 e. The van der Waals surface area contributed by atoms with Crippen LogP contribution in [0.15, 0.2) is 12.1 Å². The molecule has 1 saturated heterocycles. The monoisotopic (exact) mass is 267 g/mol. The predicted molar refractivity (Wildman–Crippen MR) is 61.3 cm³/mol. The molecular weight excluding hydrogens is 256 g/mol. The fourth-order valence-electron chi connectivity index (χ4n) is 2.15. The van der Waals surface area contributed by atoms with Crippen molar-refractivity contribution in [1.29, 1.82) is 0 Å². The van der Waals surface area contributed by atoms with Gasteiger partial charge in [0.05, 0.1) is 5.92 Å². The van der Waals surface area contributed by atoms with Crippen molar-refractivity contribution in [2.24, 2.45) is 0 Å². The molecule has 100 valence electrons. The molecule has 1 heterocycles. The number of benzene rings is 1. The summed E-state index contributed by atoms with van der Waals surface area (Å²) >= 11 is 0. The van der Waals surface area contributed by atoms with Crippen LogP contribution in [0.1, 0.15) is 29.9 Å². The highest BCUT2D eigenvalue weighted by Gasteiger charge is 2.32. The molecule has 2 amide bonds. The quantitative estimate of drug-likeness (QED) is 0.661. The average molecular weight is 267 g/mol. The van der Waals surface area contributed by atoms with E-state index >= 15 is 0 Å². The van der Waals surface area contributed by atoms with E-state index in [2.05, 4.69) is 5.32 Å². The maximum absolute atomic E-state index is 13.9. The number of rotatable bonds is 3. The van der Waals surface area contributed by atoms with Gasteiger partial charge in [0.1, 0.15) is 17.9 Å². The van der Waals surface area contributed by atoms with Crippen molar-refractivity contribution in [1.82, 2.24) is 5.32 Å². The van der Waals surface area contributed by atoms with E-state index < -0.39 is 29.4 Å². The van der Waals surface area contributed by atoms with Gasteiger partial charge in [0, 0.05) is 18.4 Å². The van der Waals surface area contributed by atoms with E-state index in [0.29, 0.717) is 6.29 Å². The van der Waals surface area contributed by atoms with Gasteiger partial charge in [0.25, 0.3) is 0 Å². The molecule has 2 rings (SSSR count). The molecule has 1 aromatic carbocycles. The SMILES string of the molecule is O=CCc1cc(F)c(C2CCC(=O)NC2=O)c(F)c1. The Morgan fingerprint density at radius 1 is 1.26 bits per heavy atom. The second-order valence-electron chi connectivity index (χ2n) is 4.35. The van der Waals surface area contributed by atoms with Gasteiger partial charge in [-0.05, 0) is 24.1 Å². The van der Waals surface area contributed by atoms with Crippen molar-refractivity contribution in [3.8, 4) is 0 Å². The Bertz CT molecular complexity index is 534. The summed E-state index contributed by atoms with van der Waals surface area (Å²) in [5.74, 6) is -3.89. The van der Waals surface area contributed by atoms with E-state index in [4.69, 9.17) is 0 Å². The number of carbonyl (C=O) groups excluding carboxylic acids is 3. The zero-order valence-electron chi connectivity index (χ0n) is 9.91. The number of imide groups is 1. The normalized spacial score (nSPS) is 19.2. The summed E-state index contributed by atoms with van der Waals surface area (Å²) in [5.41, 5.74) is -0.138. The van der Waals surface area contributed by atoms with Crippen LogP contribution in [0.5, 0.6) is 0 Å². The van der Waals surface area contributed by atoms with Gasteiger partial charge < -0.3 is 4.79 Å². The largest absolute Gasteiger partial charge is 0.303 e. The van der Waals surface area contributed by atoms with Crippen molar-refractivity contribution in [3.05, 3.63) is 34.9 Å². The molecule has 0 aromatic heterocycles. The van der Waals surface area contributed by atoms with E-state index in [1.807, 2.05) is 0 Å². The lowest BCUT2D eigenvalue weighted by atomic mass is 9.89.